The van der Waals surface area contributed by atoms with Gasteiger partial charge in [0, 0.05) is 11.4 Å². The van der Waals surface area contributed by atoms with E-state index in [9.17, 15) is 14.7 Å². The highest BCUT2D eigenvalue weighted by Crippen LogP contribution is 2.42. The Morgan fingerprint density at radius 2 is 1.33 bits per heavy atom. The van der Waals surface area contributed by atoms with E-state index in [1.807, 2.05) is 26.0 Å². The van der Waals surface area contributed by atoms with Gasteiger partial charge in [-0.15, -0.1) is 0 Å². The predicted molar refractivity (Wildman–Crippen MR) is 124 cm³/mol. The Balaban J connectivity index is 2.13. The Labute approximate surface area is 193 Å². The smallest absolute Gasteiger partial charge is 0.336 e. The number of aryl methyl sites for hydroxylation is 3. The lowest BCUT2D eigenvalue weighted by Gasteiger charge is -2.30. The molecule has 0 aromatic heterocycles. The van der Waals surface area contributed by atoms with Gasteiger partial charge in [-0.2, -0.15) is 0 Å². The lowest BCUT2D eigenvalue weighted by atomic mass is 9.79. The fourth-order valence-electron chi connectivity index (χ4n) is 4.21. The second kappa shape index (κ2) is 9.40. The lowest BCUT2D eigenvalue weighted by Crippen LogP contribution is -2.32. The maximum atomic E-state index is 12.7. The molecule has 7 heteroatoms. The molecule has 0 saturated carbocycles. The van der Waals surface area contributed by atoms with Crippen molar-refractivity contribution in [2.45, 2.75) is 40.5 Å². The second-order valence-corrected chi connectivity index (χ2v) is 8.15. The zero-order valence-corrected chi connectivity index (χ0v) is 20.0. The first-order chi connectivity index (χ1) is 15.6. The van der Waals surface area contributed by atoms with Crippen molar-refractivity contribution in [2.75, 3.05) is 14.2 Å². The third-order valence-corrected chi connectivity index (χ3v) is 5.78. The number of aromatic hydroxyl groups is 1. The van der Waals surface area contributed by atoms with Crippen molar-refractivity contribution in [1.29, 1.82) is 0 Å². The van der Waals surface area contributed by atoms with Crippen LogP contribution in [0.4, 0.5) is 0 Å². The number of phenols is 1. The number of phenolic OH excluding ortho intramolecular Hbond substituents is 1. The SMILES string of the molecule is COC(=O)C1=C(C)NC(C)=C(C(=O)OC)C1c1cc(C)c(Oc2ccc(O)c(C)c2)c(C)c1. The molecule has 0 saturated heterocycles. The van der Waals surface area contributed by atoms with Crippen LogP contribution in [0.2, 0.25) is 0 Å². The number of carbonyl (C=O) groups is 2. The minimum Gasteiger partial charge on any atom is -0.508 e. The Bertz CT molecular complexity index is 1130. The number of hydrogen-bond donors (Lipinski definition) is 2. The van der Waals surface area contributed by atoms with Crippen LogP contribution in [0.3, 0.4) is 0 Å². The molecule has 1 heterocycles. The number of rotatable bonds is 5. The molecule has 0 bridgehead atoms. The molecule has 2 aromatic rings. The summed E-state index contributed by atoms with van der Waals surface area (Å²) in [6.45, 7) is 9.17. The highest BCUT2D eigenvalue weighted by Gasteiger charge is 2.38. The van der Waals surface area contributed by atoms with E-state index in [1.165, 1.54) is 14.2 Å². The topological polar surface area (TPSA) is 94.1 Å². The summed E-state index contributed by atoms with van der Waals surface area (Å²) in [5.74, 6) is -0.231. The fraction of sp³-hybridized carbons (Fsp3) is 0.308. The normalized spacial score (nSPS) is 14.2. The van der Waals surface area contributed by atoms with Gasteiger partial charge in [0.25, 0.3) is 0 Å². The van der Waals surface area contributed by atoms with Crippen LogP contribution in [0.15, 0.2) is 52.9 Å². The first-order valence-electron chi connectivity index (χ1n) is 10.5. The van der Waals surface area contributed by atoms with Crippen molar-refractivity contribution in [3.8, 4) is 17.2 Å². The number of benzene rings is 2. The van der Waals surface area contributed by atoms with Crippen molar-refractivity contribution in [2.24, 2.45) is 0 Å². The van der Waals surface area contributed by atoms with Crippen molar-refractivity contribution < 1.29 is 28.9 Å². The third kappa shape index (κ3) is 4.58. The van der Waals surface area contributed by atoms with Crippen molar-refractivity contribution >= 4 is 11.9 Å². The monoisotopic (exact) mass is 451 g/mol. The third-order valence-electron chi connectivity index (χ3n) is 5.78. The quantitative estimate of drug-likeness (QED) is 0.637. The van der Waals surface area contributed by atoms with Crippen LogP contribution in [0.25, 0.3) is 0 Å². The fourth-order valence-corrected chi connectivity index (χ4v) is 4.21. The van der Waals surface area contributed by atoms with Crippen molar-refractivity contribution in [3.05, 3.63) is 75.1 Å². The van der Waals surface area contributed by atoms with Crippen molar-refractivity contribution in [1.82, 2.24) is 5.32 Å². The summed E-state index contributed by atoms with van der Waals surface area (Å²) in [6.07, 6.45) is 0. The van der Waals surface area contributed by atoms with E-state index in [1.54, 1.807) is 39.0 Å². The van der Waals surface area contributed by atoms with E-state index < -0.39 is 17.9 Å². The van der Waals surface area contributed by atoms with E-state index >= 15 is 0 Å². The zero-order valence-electron chi connectivity index (χ0n) is 20.0. The summed E-state index contributed by atoms with van der Waals surface area (Å²) in [6, 6.07) is 8.85. The van der Waals surface area contributed by atoms with Gasteiger partial charge in [0.15, 0.2) is 0 Å². The molecule has 0 fully saturated rings. The van der Waals surface area contributed by atoms with Crippen LogP contribution in [-0.2, 0) is 19.1 Å². The molecule has 2 N–H and O–H groups in total. The molecule has 0 atom stereocenters. The molecule has 0 radical (unpaired) electrons. The van der Waals surface area contributed by atoms with Gasteiger partial charge in [-0.3, -0.25) is 0 Å². The van der Waals surface area contributed by atoms with Gasteiger partial charge in [-0.05, 0) is 75.1 Å². The van der Waals surface area contributed by atoms with Gasteiger partial charge in [0.05, 0.1) is 31.3 Å². The molecule has 1 aliphatic rings. The number of methoxy groups -OCH3 is 2. The summed E-state index contributed by atoms with van der Waals surface area (Å²) in [7, 11) is 2.63. The Morgan fingerprint density at radius 3 is 1.79 bits per heavy atom. The Hall–Kier alpha value is -3.74. The molecular weight excluding hydrogens is 422 g/mol. The number of ether oxygens (including phenoxy) is 3. The molecule has 2 aromatic carbocycles. The van der Waals surface area contributed by atoms with E-state index in [-0.39, 0.29) is 5.75 Å². The number of esters is 2. The van der Waals surface area contributed by atoms with Gasteiger partial charge in [0.1, 0.15) is 17.2 Å². The van der Waals surface area contributed by atoms with Gasteiger partial charge < -0.3 is 24.6 Å². The molecular formula is C26H29NO6. The van der Waals surface area contributed by atoms with Gasteiger partial charge in [0.2, 0.25) is 0 Å². The van der Waals surface area contributed by atoms with E-state index in [2.05, 4.69) is 5.32 Å². The average molecular weight is 452 g/mol. The molecule has 33 heavy (non-hydrogen) atoms. The highest BCUT2D eigenvalue weighted by atomic mass is 16.5. The maximum absolute atomic E-state index is 12.7. The first-order valence-corrected chi connectivity index (χ1v) is 10.5. The van der Waals surface area contributed by atoms with Crippen LogP contribution in [-0.4, -0.2) is 31.3 Å². The van der Waals surface area contributed by atoms with Crippen LogP contribution < -0.4 is 10.1 Å². The Kier molecular flexibility index (Phi) is 6.81. The molecule has 1 aliphatic heterocycles. The summed E-state index contributed by atoms with van der Waals surface area (Å²) < 4.78 is 16.2. The van der Waals surface area contributed by atoms with Crippen molar-refractivity contribution in [3.63, 3.8) is 0 Å². The average Bonchev–Trinajstić information content (AvgIpc) is 2.77. The maximum Gasteiger partial charge on any atom is 0.336 e. The number of nitrogens with one attached hydrogen (secondary N) is 1. The number of hydrogen-bond acceptors (Lipinski definition) is 7. The van der Waals surface area contributed by atoms with Gasteiger partial charge in [-0.25, -0.2) is 9.59 Å². The van der Waals surface area contributed by atoms with E-state index in [0.29, 0.717) is 39.6 Å². The Morgan fingerprint density at radius 1 is 0.818 bits per heavy atom. The molecule has 0 amide bonds. The molecule has 7 nitrogen and oxygen atoms in total. The zero-order chi connectivity index (χ0) is 24.4. The number of carbonyl (C=O) groups excluding carboxylic acids is 2. The summed E-state index contributed by atoms with van der Waals surface area (Å²) in [4.78, 5) is 25.4. The van der Waals surface area contributed by atoms with Crippen LogP contribution in [0, 0.1) is 20.8 Å². The van der Waals surface area contributed by atoms with Crippen LogP contribution in [0.1, 0.15) is 42.0 Å². The largest absolute Gasteiger partial charge is 0.508 e. The van der Waals surface area contributed by atoms with E-state index in [4.69, 9.17) is 14.2 Å². The summed E-state index contributed by atoms with van der Waals surface area (Å²) in [5, 5.41) is 12.9. The molecule has 0 unspecified atom stereocenters. The highest BCUT2D eigenvalue weighted by molar-refractivity contribution is 5.99. The summed E-state index contributed by atoms with van der Waals surface area (Å²) >= 11 is 0. The predicted octanol–water partition coefficient (Wildman–Crippen LogP) is 4.69. The standard InChI is InChI=1S/C26H29NO6/c1-13-12-19(8-9-20(13)28)33-24-14(2)10-18(11-15(24)3)23-21(25(29)31-6)16(4)27-17(5)22(23)26(30)32-7/h8-12,23,27-28H,1-7H3. The van der Waals surface area contributed by atoms with Gasteiger partial charge >= 0.3 is 11.9 Å². The molecule has 0 spiro atoms. The molecule has 174 valence electrons. The lowest BCUT2D eigenvalue weighted by molar-refractivity contribution is -0.137. The summed E-state index contributed by atoms with van der Waals surface area (Å²) in [5.41, 5.74) is 5.06. The van der Waals surface area contributed by atoms with Crippen LogP contribution in [0.5, 0.6) is 17.2 Å². The van der Waals surface area contributed by atoms with Crippen LogP contribution >= 0.6 is 0 Å². The van der Waals surface area contributed by atoms with E-state index in [0.717, 1.165) is 16.7 Å². The number of dihydropyridines is 1. The van der Waals surface area contributed by atoms with Gasteiger partial charge in [-0.1, -0.05) is 12.1 Å². The minimum absolute atomic E-state index is 0.201. The first kappa shape index (κ1) is 23.9. The molecule has 3 rings (SSSR count). The second-order valence-electron chi connectivity index (χ2n) is 8.15. The number of allylic oxidation sites excluding steroid dienone is 2. The minimum atomic E-state index is -0.659. The molecule has 0 aliphatic carbocycles.